The van der Waals surface area contributed by atoms with Crippen LogP contribution in [0.3, 0.4) is 0 Å². The lowest BCUT2D eigenvalue weighted by Crippen LogP contribution is -2.27. The van der Waals surface area contributed by atoms with E-state index in [1.54, 1.807) is 30.3 Å². The molecule has 3 aromatic carbocycles. The summed E-state index contributed by atoms with van der Waals surface area (Å²) in [5.41, 5.74) is 4.84. The summed E-state index contributed by atoms with van der Waals surface area (Å²) >= 11 is 12.6. The van der Waals surface area contributed by atoms with Crippen molar-refractivity contribution in [2.75, 3.05) is 5.32 Å². The highest BCUT2D eigenvalue weighted by Gasteiger charge is 2.24. The third-order valence-corrected chi connectivity index (χ3v) is 6.24. The van der Waals surface area contributed by atoms with Crippen LogP contribution in [0.2, 0.25) is 10.0 Å². The topological polar surface area (TPSA) is 51.1 Å². The zero-order chi connectivity index (χ0) is 24.4. The van der Waals surface area contributed by atoms with Gasteiger partial charge in [0.2, 0.25) is 0 Å². The lowest BCUT2D eigenvalue weighted by Gasteiger charge is -2.21. The maximum atomic E-state index is 13.7. The van der Waals surface area contributed by atoms with Gasteiger partial charge in [-0.15, -0.1) is 0 Å². The highest BCUT2D eigenvalue weighted by molar-refractivity contribution is 6.31. The van der Waals surface area contributed by atoms with Gasteiger partial charge in [0.05, 0.1) is 5.69 Å². The molecule has 0 radical (unpaired) electrons. The van der Waals surface area contributed by atoms with Crippen molar-refractivity contribution in [3.05, 3.63) is 115 Å². The Hall–Kier alpha value is -3.34. The number of carbonyl (C=O) groups excluding carboxylic acids is 1. The fourth-order valence-electron chi connectivity index (χ4n) is 4.19. The Morgan fingerprint density at radius 1 is 0.912 bits per heavy atom. The molecule has 0 saturated carbocycles. The van der Waals surface area contributed by atoms with Gasteiger partial charge in [-0.05, 0) is 61.7 Å². The zero-order valence-electron chi connectivity index (χ0n) is 19.2. The summed E-state index contributed by atoms with van der Waals surface area (Å²) < 4.78 is 1.87. The number of rotatable bonds is 5. The Kier molecular flexibility index (Phi) is 6.92. The molecule has 1 heterocycles. The van der Waals surface area contributed by atoms with Crippen LogP contribution in [-0.4, -0.2) is 10.5 Å². The molecule has 172 valence electrons. The van der Waals surface area contributed by atoms with Crippen LogP contribution in [0.25, 0.3) is 16.9 Å². The quantitative estimate of drug-likeness (QED) is 0.320. The van der Waals surface area contributed by atoms with E-state index >= 15 is 0 Å². The lowest BCUT2D eigenvalue weighted by molar-refractivity contribution is 0.102. The minimum absolute atomic E-state index is 0.0400. The van der Waals surface area contributed by atoms with Crippen molar-refractivity contribution in [2.24, 2.45) is 0 Å². The van der Waals surface area contributed by atoms with Gasteiger partial charge in [0, 0.05) is 38.7 Å². The van der Waals surface area contributed by atoms with E-state index in [-0.39, 0.29) is 11.0 Å². The van der Waals surface area contributed by atoms with Crippen LogP contribution >= 0.6 is 23.2 Å². The minimum Gasteiger partial charge on any atom is -0.321 e. The largest absolute Gasteiger partial charge is 0.321 e. The summed E-state index contributed by atoms with van der Waals surface area (Å²) in [6.07, 6.45) is 0.749. The third kappa shape index (κ3) is 4.65. The SMILES string of the molecule is CCc1cccc(C)c1NC(=O)c1c(-c2cccc(Cl)c2)n(-c2cccc(Cl)c2)c(C)cc1=O. The molecule has 0 fully saturated rings. The molecule has 0 saturated heterocycles. The van der Waals surface area contributed by atoms with Crippen molar-refractivity contribution in [1.29, 1.82) is 0 Å². The highest BCUT2D eigenvalue weighted by atomic mass is 35.5. The number of amides is 1. The predicted octanol–water partition coefficient (Wildman–Crippen LogP) is 7.24. The Morgan fingerprint density at radius 2 is 1.59 bits per heavy atom. The van der Waals surface area contributed by atoms with E-state index in [4.69, 9.17) is 23.2 Å². The van der Waals surface area contributed by atoms with Crippen molar-refractivity contribution in [2.45, 2.75) is 27.2 Å². The number of benzene rings is 3. The van der Waals surface area contributed by atoms with E-state index in [9.17, 15) is 9.59 Å². The van der Waals surface area contributed by atoms with Crippen LogP contribution in [-0.2, 0) is 6.42 Å². The summed E-state index contributed by atoms with van der Waals surface area (Å²) in [6.45, 7) is 5.79. The number of anilines is 1. The Labute approximate surface area is 208 Å². The summed E-state index contributed by atoms with van der Waals surface area (Å²) in [5.74, 6) is -0.472. The van der Waals surface area contributed by atoms with Crippen LogP contribution in [0, 0.1) is 13.8 Å². The van der Waals surface area contributed by atoms with E-state index in [2.05, 4.69) is 5.32 Å². The van der Waals surface area contributed by atoms with Crippen LogP contribution in [0.1, 0.15) is 34.1 Å². The molecule has 4 rings (SSSR count). The standard InChI is InChI=1S/C28H24Cl2N2O2/c1-4-19-9-5-8-17(2)26(19)31-28(34)25-24(33)14-18(3)32(23-13-7-12-22(30)16-23)27(25)20-10-6-11-21(29)15-20/h5-16H,4H2,1-3H3,(H,31,34). The van der Waals surface area contributed by atoms with Gasteiger partial charge in [-0.1, -0.05) is 66.5 Å². The normalized spacial score (nSPS) is 10.9. The molecule has 0 spiro atoms. The average molecular weight is 491 g/mol. The second-order valence-electron chi connectivity index (χ2n) is 8.12. The third-order valence-electron chi connectivity index (χ3n) is 5.77. The van der Waals surface area contributed by atoms with E-state index in [0.29, 0.717) is 27.0 Å². The van der Waals surface area contributed by atoms with Gasteiger partial charge in [0.15, 0.2) is 5.43 Å². The molecular weight excluding hydrogens is 467 g/mol. The fraction of sp³-hybridized carbons (Fsp3) is 0.143. The monoisotopic (exact) mass is 490 g/mol. The number of nitrogens with zero attached hydrogens (tertiary/aromatic N) is 1. The molecule has 0 atom stereocenters. The second-order valence-corrected chi connectivity index (χ2v) is 8.99. The number of hydrogen-bond donors (Lipinski definition) is 1. The van der Waals surface area contributed by atoms with E-state index < -0.39 is 5.91 Å². The van der Waals surface area contributed by atoms with Gasteiger partial charge in [0.1, 0.15) is 5.56 Å². The lowest BCUT2D eigenvalue weighted by atomic mass is 10.0. The number of pyridine rings is 1. The number of carbonyl (C=O) groups is 1. The maximum Gasteiger partial charge on any atom is 0.261 e. The average Bonchev–Trinajstić information content (AvgIpc) is 2.79. The van der Waals surface area contributed by atoms with E-state index in [1.807, 2.05) is 61.7 Å². The molecule has 0 aliphatic heterocycles. The van der Waals surface area contributed by atoms with Gasteiger partial charge >= 0.3 is 0 Å². The van der Waals surface area contributed by atoms with Crippen molar-refractivity contribution in [3.8, 4) is 16.9 Å². The first-order valence-corrected chi connectivity index (χ1v) is 11.7. The number of halogens is 2. The zero-order valence-corrected chi connectivity index (χ0v) is 20.7. The highest BCUT2D eigenvalue weighted by Crippen LogP contribution is 2.31. The first kappa shape index (κ1) is 23.8. The molecule has 0 unspecified atom stereocenters. The van der Waals surface area contributed by atoms with Crippen LogP contribution in [0.5, 0.6) is 0 Å². The van der Waals surface area contributed by atoms with Crippen LogP contribution in [0.15, 0.2) is 77.6 Å². The summed E-state index contributed by atoms with van der Waals surface area (Å²) in [7, 11) is 0. The maximum absolute atomic E-state index is 13.7. The Morgan fingerprint density at radius 3 is 2.26 bits per heavy atom. The molecule has 1 aromatic heterocycles. The molecule has 34 heavy (non-hydrogen) atoms. The Bertz CT molecular complexity index is 1460. The molecule has 0 bridgehead atoms. The molecule has 1 N–H and O–H groups in total. The first-order valence-electron chi connectivity index (χ1n) is 11.0. The molecular formula is C28H24Cl2N2O2. The van der Waals surface area contributed by atoms with E-state index in [1.165, 1.54) is 6.07 Å². The van der Waals surface area contributed by atoms with Gasteiger partial charge in [0.25, 0.3) is 5.91 Å². The number of para-hydroxylation sites is 1. The van der Waals surface area contributed by atoms with Crippen molar-refractivity contribution >= 4 is 34.8 Å². The molecule has 6 heteroatoms. The molecule has 0 aliphatic carbocycles. The van der Waals surface area contributed by atoms with Crippen LogP contribution in [0.4, 0.5) is 5.69 Å². The van der Waals surface area contributed by atoms with Crippen molar-refractivity contribution < 1.29 is 4.79 Å². The van der Waals surface area contributed by atoms with Gasteiger partial charge in [-0.3, -0.25) is 9.59 Å². The number of aromatic nitrogens is 1. The Balaban J connectivity index is 2.01. The molecule has 4 aromatic rings. The number of nitrogens with one attached hydrogen (secondary N) is 1. The molecule has 1 amide bonds. The summed E-state index contributed by atoms with van der Waals surface area (Å²) in [4.78, 5) is 27.0. The predicted molar refractivity (Wildman–Crippen MR) is 141 cm³/mol. The van der Waals surface area contributed by atoms with Gasteiger partial charge in [-0.25, -0.2) is 0 Å². The van der Waals surface area contributed by atoms with Gasteiger partial charge < -0.3 is 9.88 Å². The first-order chi connectivity index (χ1) is 16.3. The fourth-order valence-corrected chi connectivity index (χ4v) is 4.56. The smallest absolute Gasteiger partial charge is 0.261 e. The molecule has 4 nitrogen and oxygen atoms in total. The summed E-state index contributed by atoms with van der Waals surface area (Å²) in [6, 6.07) is 21.8. The number of hydrogen-bond acceptors (Lipinski definition) is 2. The molecule has 0 aliphatic rings. The van der Waals surface area contributed by atoms with Crippen LogP contribution < -0.4 is 10.7 Å². The number of aryl methyl sites for hydroxylation is 3. The van der Waals surface area contributed by atoms with Gasteiger partial charge in [-0.2, -0.15) is 0 Å². The second kappa shape index (κ2) is 9.88. The minimum atomic E-state index is -0.472. The summed E-state index contributed by atoms with van der Waals surface area (Å²) in [5, 5.41) is 4.06. The van der Waals surface area contributed by atoms with Crippen molar-refractivity contribution in [3.63, 3.8) is 0 Å². The van der Waals surface area contributed by atoms with E-state index in [0.717, 1.165) is 28.9 Å². The van der Waals surface area contributed by atoms with Crippen molar-refractivity contribution in [1.82, 2.24) is 4.57 Å².